The Kier molecular flexibility index (Phi) is 6.40. The second kappa shape index (κ2) is 9.36. The maximum absolute atomic E-state index is 13.1. The predicted molar refractivity (Wildman–Crippen MR) is 114 cm³/mol. The number of aromatic nitrogens is 1. The third kappa shape index (κ3) is 4.52. The number of carbonyl (C=O) groups excluding carboxylic acids is 2. The van der Waals surface area contributed by atoms with Gasteiger partial charge in [0, 0.05) is 31.5 Å². The maximum atomic E-state index is 13.1. The highest BCUT2D eigenvalue weighted by Gasteiger charge is 2.39. The summed E-state index contributed by atoms with van der Waals surface area (Å²) < 4.78 is 5.36. The molecule has 1 aromatic carbocycles. The van der Waals surface area contributed by atoms with Crippen molar-refractivity contribution in [1.82, 2.24) is 15.2 Å². The first-order chi connectivity index (χ1) is 14.6. The van der Waals surface area contributed by atoms with Gasteiger partial charge in [-0.2, -0.15) is 0 Å². The standard InChI is InChI=1S/C23H28N4O3/c1-17-5-2-6-18(15-17)27-20(22-19(23(27)29)7-3-8-25-22)16-21(28)24-9-4-10-26-11-13-30-14-12-26/h2-3,5-8,15,20H,4,9-14,16H2,1H3,(H,24,28). The average molecular weight is 409 g/mol. The van der Waals surface area contributed by atoms with E-state index in [0.717, 1.165) is 50.5 Å². The first-order valence-corrected chi connectivity index (χ1v) is 10.6. The largest absolute Gasteiger partial charge is 0.379 e. The van der Waals surface area contributed by atoms with Crippen LogP contribution in [0.5, 0.6) is 0 Å². The monoisotopic (exact) mass is 408 g/mol. The fourth-order valence-corrected chi connectivity index (χ4v) is 4.12. The SMILES string of the molecule is Cc1cccc(N2C(=O)c3cccnc3C2CC(=O)NCCCN2CCOCC2)c1. The lowest BCUT2D eigenvalue weighted by Crippen LogP contribution is -2.38. The van der Waals surface area contributed by atoms with Crippen LogP contribution >= 0.6 is 0 Å². The lowest BCUT2D eigenvalue weighted by atomic mass is 10.1. The summed E-state index contributed by atoms with van der Waals surface area (Å²) in [5.74, 6) is -0.167. The Balaban J connectivity index is 1.41. The molecule has 1 atom stereocenters. The molecule has 0 radical (unpaired) electrons. The van der Waals surface area contributed by atoms with Gasteiger partial charge in [-0.3, -0.25) is 24.4 Å². The summed E-state index contributed by atoms with van der Waals surface area (Å²) in [4.78, 5) is 34.3. The molecule has 1 N–H and O–H groups in total. The molecule has 7 nitrogen and oxygen atoms in total. The van der Waals surface area contributed by atoms with Gasteiger partial charge in [0.05, 0.1) is 36.9 Å². The number of benzene rings is 1. The number of aryl methyl sites for hydroxylation is 1. The Bertz CT molecular complexity index is 911. The van der Waals surface area contributed by atoms with Gasteiger partial charge in [-0.05, 0) is 49.7 Å². The average Bonchev–Trinajstić information content (AvgIpc) is 3.04. The summed E-state index contributed by atoms with van der Waals surface area (Å²) in [6.07, 6.45) is 2.77. The minimum atomic E-state index is -0.394. The van der Waals surface area contributed by atoms with E-state index >= 15 is 0 Å². The summed E-state index contributed by atoms with van der Waals surface area (Å²) in [5, 5.41) is 3.02. The molecule has 0 spiro atoms. The summed E-state index contributed by atoms with van der Waals surface area (Å²) in [6.45, 7) is 7.03. The molecule has 7 heteroatoms. The quantitative estimate of drug-likeness (QED) is 0.712. The van der Waals surface area contributed by atoms with Crippen molar-refractivity contribution in [3.63, 3.8) is 0 Å². The van der Waals surface area contributed by atoms with Crippen LogP contribution in [-0.2, 0) is 9.53 Å². The summed E-state index contributed by atoms with van der Waals surface area (Å²) in [6, 6.07) is 11.0. The minimum Gasteiger partial charge on any atom is -0.379 e. The van der Waals surface area contributed by atoms with Crippen LogP contribution < -0.4 is 10.2 Å². The first-order valence-electron chi connectivity index (χ1n) is 10.6. The van der Waals surface area contributed by atoms with Crippen LogP contribution in [0.15, 0.2) is 42.6 Å². The number of hydrogen-bond acceptors (Lipinski definition) is 5. The minimum absolute atomic E-state index is 0.0640. The Hall–Kier alpha value is -2.77. The van der Waals surface area contributed by atoms with Gasteiger partial charge in [-0.1, -0.05) is 12.1 Å². The Morgan fingerprint density at radius 3 is 2.87 bits per heavy atom. The molecule has 1 aromatic heterocycles. The molecule has 158 valence electrons. The highest BCUT2D eigenvalue weighted by atomic mass is 16.5. The van der Waals surface area contributed by atoms with Crippen molar-refractivity contribution < 1.29 is 14.3 Å². The molecule has 2 aromatic rings. The molecule has 4 rings (SSSR count). The van der Waals surface area contributed by atoms with E-state index in [9.17, 15) is 9.59 Å². The van der Waals surface area contributed by atoms with Crippen LogP contribution in [0, 0.1) is 6.92 Å². The maximum Gasteiger partial charge on any atom is 0.260 e. The van der Waals surface area contributed by atoms with Gasteiger partial charge in [0.25, 0.3) is 5.91 Å². The second-order valence-corrected chi connectivity index (χ2v) is 7.83. The lowest BCUT2D eigenvalue weighted by Gasteiger charge is -2.26. The van der Waals surface area contributed by atoms with Gasteiger partial charge in [0.1, 0.15) is 0 Å². The van der Waals surface area contributed by atoms with Crippen molar-refractivity contribution in [2.45, 2.75) is 25.8 Å². The number of rotatable bonds is 7. The highest BCUT2D eigenvalue weighted by molar-refractivity contribution is 6.11. The Morgan fingerprint density at radius 1 is 1.23 bits per heavy atom. The number of carbonyl (C=O) groups is 2. The fourth-order valence-electron chi connectivity index (χ4n) is 4.12. The number of ether oxygens (including phenoxy) is 1. The van der Waals surface area contributed by atoms with Gasteiger partial charge in [-0.15, -0.1) is 0 Å². The molecular formula is C23H28N4O3. The summed E-state index contributed by atoms with van der Waals surface area (Å²) >= 11 is 0. The zero-order valence-corrected chi connectivity index (χ0v) is 17.3. The molecule has 0 bridgehead atoms. The van der Waals surface area contributed by atoms with Crippen molar-refractivity contribution >= 4 is 17.5 Å². The topological polar surface area (TPSA) is 74.8 Å². The number of fused-ring (bicyclic) bond motifs is 1. The van der Waals surface area contributed by atoms with E-state index in [1.807, 2.05) is 31.2 Å². The fraction of sp³-hybridized carbons (Fsp3) is 0.435. The van der Waals surface area contributed by atoms with Crippen LogP contribution in [-0.4, -0.2) is 61.1 Å². The zero-order chi connectivity index (χ0) is 20.9. The molecule has 2 aliphatic rings. The lowest BCUT2D eigenvalue weighted by molar-refractivity contribution is -0.121. The molecule has 0 saturated carbocycles. The smallest absolute Gasteiger partial charge is 0.260 e. The summed E-state index contributed by atoms with van der Waals surface area (Å²) in [7, 11) is 0. The third-order valence-electron chi connectivity index (χ3n) is 5.65. The van der Waals surface area contributed by atoms with E-state index in [2.05, 4.69) is 15.2 Å². The molecule has 30 heavy (non-hydrogen) atoms. The van der Waals surface area contributed by atoms with E-state index in [4.69, 9.17) is 4.74 Å². The van der Waals surface area contributed by atoms with Gasteiger partial charge < -0.3 is 10.1 Å². The number of nitrogens with zero attached hydrogens (tertiary/aromatic N) is 3. The van der Waals surface area contributed by atoms with Crippen molar-refractivity contribution in [3.05, 3.63) is 59.4 Å². The van der Waals surface area contributed by atoms with Crippen LogP contribution in [0.1, 0.15) is 40.5 Å². The molecule has 1 saturated heterocycles. The van der Waals surface area contributed by atoms with Gasteiger partial charge in [-0.25, -0.2) is 0 Å². The van der Waals surface area contributed by atoms with Crippen molar-refractivity contribution in [3.8, 4) is 0 Å². The van der Waals surface area contributed by atoms with E-state index in [-0.39, 0.29) is 18.2 Å². The molecule has 2 amide bonds. The van der Waals surface area contributed by atoms with Gasteiger partial charge in [0.2, 0.25) is 5.91 Å². The predicted octanol–water partition coefficient (Wildman–Crippen LogP) is 2.32. The normalized spacial score (nSPS) is 19.0. The second-order valence-electron chi connectivity index (χ2n) is 7.83. The molecular weight excluding hydrogens is 380 g/mol. The molecule has 2 aliphatic heterocycles. The van der Waals surface area contributed by atoms with Crippen LogP contribution in [0.25, 0.3) is 0 Å². The third-order valence-corrected chi connectivity index (χ3v) is 5.65. The number of morpholine rings is 1. The van der Waals surface area contributed by atoms with Crippen LogP contribution in [0.3, 0.4) is 0 Å². The highest BCUT2D eigenvalue weighted by Crippen LogP contribution is 2.38. The van der Waals surface area contributed by atoms with Gasteiger partial charge in [0.15, 0.2) is 0 Å². The number of pyridine rings is 1. The van der Waals surface area contributed by atoms with Crippen molar-refractivity contribution in [2.75, 3.05) is 44.3 Å². The zero-order valence-electron chi connectivity index (χ0n) is 17.3. The first kappa shape index (κ1) is 20.5. The number of anilines is 1. The van der Waals surface area contributed by atoms with Crippen LogP contribution in [0.4, 0.5) is 5.69 Å². The summed E-state index contributed by atoms with van der Waals surface area (Å²) in [5.41, 5.74) is 3.11. The van der Waals surface area contributed by atoms with Crippen LogP contribution in [0.2, 0.25) is 0 Å². The molecule has 3 heterocycles. The molecule has 1 fully saturated rings. The van der Waals surface area contributed by atoms with E-state index in [1.54, 1.807) is 23.2 Å². The number of nitrogens with one attached hydrogen (secondary N) is 1. The van der Waals surface area contributed by atoms with Crippen molar-refractivity contribution in [2.24, 2.45) is 0 Å². The van der Waals surface area contributed by atoms with E-state index in [0.29, 0.717) is 17.8 Å². The Labute approximate surface area is 177 Å². The number of hydrogen-bond donors (Lipinski definition) is 1. The van der Waals surface area contributed by atoms with Crippen molar-refractivity contribution in [1.29, 1.82) is 0 Å². The van der Waals surface area contributed by atoms with E-state index < -0.39 is 6.04 Å². The Morgan fingerprint density at radius 2 is 2.07 bits per heavy atom. The molecule has 1 unspecified atom stereocenters. The van der Waals surface area contributed by atoms with Gasteiger partial charge >= 0.3 is 0 Å². The molecule has 0 aliphatic carbocycles. The van der Waals surface area contributed by atoms with E-state index in [1.165, 1.54) is 0 Å². The number of amides is 2.